The van der Waals surface area contributed by atoms with Gasteiger partial charge in [0.1, 0.15) is 0 Å². The summed E-state index contributed by atoms with van der Waals surface area (Å²) < 4.78 is 5.53. The number of anilines is 1. The van der Waals surface area contributed by atoms with E-state index in [1.54, 1.807) is 0 Å². The largest absolute Gasteiger partial charge is 0.399 e. The number of nitrogens with two attached hydrogens (primary N) is 1. The van der Waals surface area contributed by atoms with Crippen LogP contribution in [0.3, 0.4) is 0 Å². The number of carbonyl (C=O) groups is 1. The van der Waals surface area contributed by atoms with E-state index >= 15 is 0 Å². The lowest BCUT2D eigenvalue weighted by atomic mass is 10.1. The van der Waals surface area contributed by atoms with E-state index in [4.69, 9.17) is 10.5 Å². The molecule has 0 bridgehead atoms. The molecule has 4 heteroatoms. The van der Waals surface area contributed by atoms with Gasteiger partial charge in [-0.3, -0.25) is 4.79 Å². The van der Waals surface area contributed by atoms with Crippen molar-refractivity contribution in [3.05, 3.63) is 29.8 Å². The number of ether oxygens (including phenoxy) is 1. The third-order valence-electron chi connectivity index (χ3n) is 2.84. The van der Waals surface area contributed by atoms with Crippen LogP contribution in [-0.4, -0.2) is 24.7 Å². The SMILES string of the molecule is CCOC(C)(C)CNC(=O)CCc1cccc(N)c1. The van der Waals surface area contributed by atoms with Crippen molar-refractivity contribution in [3.8, 4) is 0 Å². The number of rotatable bonds is 7. The smallest absolute Gasteiger partial charge is 0.220 e. The standard InChI is InChI=1S/C15H24N2O2/c1-4-19-15(2,3)11-17-14(18)9-8-12-6-5-7-13(16)10-12/h5-7,10H,4,8-9,11,16H2,1-3H3,(H,17,18). The predicted octanol–water partition coefficient (Wildman–Crippen LogP) is 2.13. The Hall–Kier alpha value is -1.55. The monoisotopic (exact) mass is 264 g/mol. The fraction of sp³-hybridized carbons (Fsp3) is 0.533. The van der Waals surface area contributed by atoms with Crippen LogP contribution in [0.1, 0.15) is 32.8 Å². The van der Waals surface area contributed by atoms with Crippen LogP contribution < -0.4 is 11.1 Å². The van der Waals surface area contributed by atoms with Gasteiger partial charge in [-0.1, -0.05) is 12.1 Å². The number of carbonyl (C=O) groups excluding carboxylic acids is 1. The Balaban J connectivity index is 2.32. The molecule has 0 aliphatic carbocycles. The maximum Gasteiger partial charge on any atom is 0.220 e. The van der Waals surface area contributed by atoms with Crippen molar-refractivity contribution in [1.82, 2.24) is 5.32 Å². The second-order valence-corrected chi connectivity index (χ2v) is 5.21. The van der Waals surface area contributed by atoms with E-state index in [1.165, 1.54) is 0 Å². The fourth-order valence-corrected chi connectivity index (χ4v) is 1.85. The van der Waals surface area contributed by atoms with Gasteiger partial charge in [0.25, 0.3) is 0 Å². The van der Waals surface area contributed by atoms with Crippen LogP contribution in [0.15, 0.2) is 24.3 Å². The zero-order valence-electron chi connectivity index (χ0n) is 12.0. The molecule has 0 heterocycles. The van der Waals surface area contributed by atoms with Crippen LogP contribution >= 0.6 is 0 Å². The zero-order chi connectivity index (χ0) is 14.3. The number of benzene rings is 1. The van der Waals surface area contributed by atoms with Gasteiger partial charge in [0.15, 0.2) is 0 Å². The maximum absolute atomic E-state index is 11.8. The molecule has 0 fully saturated rings. The number of nitrogens with one attached hydrogen (secondary N) is 1. The van der Waals surface area contributed by atoms with Crippen molar-refractivity contribution in [2.75, 3.05) is 18.9 Å². The second kappa shape index (κ2) is 7.14. The minimum absolute atomic E-state index is 0.0372. The van der Waals surface area contributed by atoms with Crippen molar-refractivity contribution in [2.45, 2.75) is 39.2 Å². The number of nitrogen functional groups attached to an aromatic ring is 1. The molecule has 0 aliphatic rings. The van der Waals surface area contributed by atoms with Gasteiger partial charge in [0.05, 0.1) is 5.60 Å². The first-order chi connectivity index (χ1) is 8.93. The van der Waals surface area contributed by atoms with E-state index in [9.17, 15) is 4.79 Å². The number of aryl methyl sites for hydroxylation is 1. The number of hydrogen-bond acceptors (Lipinski definition) is 3. The summed E-state index contributed by atoms with van der Waals surface area (Å²) in [7, 11) is 0. The van der Waals surface area contributed by atoms with Crippen molar-refractivity contribution < 1.29 is 9.53 Å². The number of amides is 1. The van der Waals surface area contributed by atoms with Crippen LogP contribution in [-0.2, 0) is 16.0 Å². The van der Waals surface area contributed by atoms with E-state index in [2.05, 4.69) is 5.32 Å². The Morgan fingerprint density at radius 1 is 1.42 bits per heavy atom. The quantitative estimate of drug-likeness (QED) is 0.742. The molecule has 1 amide bonds. The summed E-state index contributed by atoms with van der Waals surface area (Å²) in [6.07, 6.45) is 1.16. The van der Waals surface area contributed by atoms with Crippen LogP contribution in [0.2, 0.25) is 0 Å². The molecule has 0 spiro atoms. The Morgan fingerprint density at radius 2 is 2.16 bits per heavy atom. The van der Waals surface area contributed by atoms with E-state index in [0.717, 1.165) is 11.3 Å². The average Bonchev–Trinajstić information content (AvgIpc) is 2.34. The van der Waals surface area contributed by atoms with Gasteiger partial charge in [-0.2, -0.15) is 0 Å². The third-order valence-corrected chi connectivity index (χ3v) is 2.84. The molecule has 4 nitrogen and oxygen atoms in total. The lowest BCUT2D eigenvalue weighted by molar-refractivity contribution is -0.122. The fourth-order valence-electron chi connectivity index (χ4n) is 1.85. The average molecular weight is 264 g/mol. The molecule has 0 aromatic heterocycles. The second-order valence-electron chi connectivity index (χ2n) is 5.21. The highest BCUT2D eigenvalue weighted by Crippen LogP contribution is 2.09. The van der Waals surface area contributed by atoms with Crippen molar-refractivity contribution in [1.29, 1.82) is 0 Å². The van der Waals surface area contributed by atoms with Gasteiger partial charge in [-0.05, 0) is 44.9 Å². The van der Waals surface area contributed by atoms with Gasteiger partial charge in [0.2, 0.25) is 5.91 Å². The van der Waals surface area contributed by atoms with Gasteiger partial charge < -0.3 is 15.8 Å². The first-order valence-electron chi connectivity index (χ1n) is 6.68. The van der Waals surface area contributed by atoms with Crippen molar-refractivity contribution in [2.24, 2.45) is 0 Å². The topological polar surface area (TPSA) is 64.3 Å². The van der Waals surface area contributed by atoms with E-state index in [1.807, 2.05) is 45.0 Å². The molecule has 0 saturated carbocycles. The van der Waals surface area contributed by atoms with E-state index in [-0.39, 0.29) is 11.5 Å². The normalized spacial score (nSPS) is 11.3. The first-order valence-corrected chi connectivity index (χ1v) is 6.68. The highest BCUT2D eigenvalue weighted by Gasteiger charge is 2.18. The molecular formula is C15H24N2O2. The summed E-state index contributed by atoms with van der Waals surface area (Å²) in [5.74, 6) is 0.0372. The van der Waals surface area contributed by atoms with Crippen LogP contribution in [0.4, 0.5) is 5.69 Å². The summed E-state index contributed by atoms with van der Waals surface area (Å²) in [4.78, 5) is 11.8. The Bertz CT molecular complexity index is 416. The lowest BCUT2D eigenvalue weighted by Gasteiger charge is -2.24. The molecule has 1 rings (SSSR count). The molecule has 1 aromatic carbocycles. The molecule has 0 atom stereocenters. The third kappa shape index (κ3) is 6.25. The van der Waals surface area contributed by atoms with E-state index < -0.39 is 0 Å². The van der Waals surface area contributed by atoms with Gasteiger partial charge in [-0.25, -0.2) is 0 Å². The van der Waals surface area contributed by atoms with Crippen LogP contribution in [0.25, 0.3) is 0 Å². The molecule has 106 valence electrons. The Labute approximate surface area is 115 Å². The lowest BCUT2D eigenvalue weighted by Crippen LogP contribution is -2.40. The molecule has 0 aliphatic heterocycles. The summed E-state index contributed by atoms with van der Waals surface area (Å²) >= 11 is 0. The molecule has 3 N–H and O–H groups in total. The Morgan fingerprint density at radius 3 is 2.79 bits per heavy atom. The summed E-state index contributed by atoms with van der Waals surface area (Å²) in [6.45, 7) is 7.05. The predicted molar refractivity (Wildman–Crippen MR) is 77.9 cm³/mol. The zero-order valence-corrected chi connectivity index (χ0v) is 12.0. The molecule has 19 heavy (non-hydrogen) atoms. The summed E-state index contributed by atoms with van der Waals surface area (Å²) in [5.41, 5.74) is 7.19. The highest BCUT2D eigenvalue weighted by atomic mass is 16.5. The molecule has 0 unspecified atom stereocenters. The van der Waals surface area contributed by atoms with Gasteiger partial charge in [0, 0.05) is 25.3 Å². The molecule has 1 aromatic rings. The highest BCUT2D eigenvalue weighted by molar-refractivity contribution is 5.76. The van der Waals surface area contributed by atoms with Crippen LogP contribution in [0, 0.1) is 0 Å². The molecule has 0 radical (unpaired) electrons. The van der Waals surface area contributed by atoms with Gasteiger partial charge in [-0.15, -0.1) is 0 Å². The first kappa shape index (κ1) is 15.5. The summed E-state index contributed by atoms with van der Waals surface area (Å²) in [5, 5.41) is 2.90. The van der Waals surface area contributed by atoms with Crippen molar-refractivity contribution in [3.63, 3.8) is 0 Å². The van der Waals surface area contributed by atoms with E-state index in [0.29, 0.717) is 26.0 Å². The molecular weight excluding hydrogens is 240 g/mol. The summed E-state index contributed by atoms with van der Waals surface area (Å²) in [6, 6.07) is 7.63. The minimum Gasteiger partial charge on any atom is -0.399 e. The Kier molecular flexibility index (Phi) is 5.83. The maximum atomic E-state index is 11.8. The molecule has 0 saturated heterocycles. The van der Waals surface area contributed by atoms with Crippen LogP contribution in [0.5, 0.6) is 0 Å². The van der Waals surface area contributed by atoms with Gasteiger partial charge >= 0.3 is 0 Å². The minimum atomic E-state index is -0.318. The van der Waals surface area contributed by atoms with Crippen molar-refractivity contribution >= 4 is 11.6 Å². The number of hydrogen-bond donors (Lipinski definition) is 2.